The maximum Gasteiger partial charge on any atom is 0.266 e. The maximum atomic E-state index is 12.0. The first-order chi connectivity index (χ1) is 14.1. The quantitative estimate of drug-likeness (QED) is 0.670. The third-order valence-corrected chi connectivity index (χ3v) is 4.23. The lowest BCUT2D eigenvalue weighted by atomic mass is 10.1. The highest BCUT2D eigenvalue weighted by Crippen LogP contribution is 2.16. The molecule has 0 spiro atoms. The van der Waals surface area contributed by atoms with E-state index in [2.05, 4.69) is 10.4 Å². The van der Waals surface area contributed by atoms with Gasteiger partial charge in [0.2, 0.25) is 0 Å². The van der Waals surface area contributed by atoms with Gasteiger partial charge in [-0.25, -0.2) is 4.68 Å². The molecule has 0 saturated carbocycles. The Morgan fingerprint density at radius 1 is 1.14 bits per heavy atom. The average molecular weight is 388 g/mol. The fraction of sp³-hybridized carbons (Fsp3) is 0.182. The van der Waals surface area contributed by atoms with Gasteiger partial charge in [-0.3, -0.25) is 9.59 Å². The molecular formula is C22H20N4O3. The molecule has 1 aromatic heterocycles. The van der Waals surface area contributed by atoms with Crippen LogP contribution in [0.1, 0.15) is 11.1 Å². The number of para-hydroxylation sites is 1. The van der Waals surface area contributed by atoms with Crippen molar-refractivity contribution in [3.63, 3.8) is 0 Å². The van der Waals surface area contributed by atoms with Crippen molar-refractivity contribution in [3.8, 4) is 23.1 Å². The summed E-state index contributed by atoms with van der Waals surface area (Å²) >= 11 is 0. The largest absolute Gasteiger partial charge is 0.482 e. The summed E-state index contributed by atoms with van der Waals surface area (Å²) < 4.78 is 6.70. The first-order valence-electron chi connectivity index (χ1n) is 9.10. The molecule has 0 bridgehead atoms. The zero-order valence-corrected chi connectivity index (χ0v) is 16.0. The van der Waals surface area contributed by atoms with Crippen molar-refractivity contribution < 1.29 is 9.53 Å². The fourth-order valence-corrected chi connectivity index (χ4v) is 2.67. The van der Waals surface area contributed by atoms with Gasteiger partial charge in [0.25, 0.3) is 11.5 Å². The van der Waals surface area contributed by atoms with Crippen LogP contribution in [-0.4, -0.2) is 28.8 Å². The number of carbonyl (C=O) groups excluding carboxylic acids is 1. The molecule has 1 N–H and O–H groups in total. The van der Waals surface area contributed by atoms with Crippen LogP contribution < -0.4 is 15.6 Å². The van der Waals surface area contributed by atoms with E-state index in [9.17, 15) is 9.59 Å². The molecule has 29 heavy (non-hydrogen) atoms. The van der Waals surface area contributed by atoms with Gasteiger partial charge in [0.05, 0.1) is 17.8 Å². The van der Waals surface area contributed by atoms with E-state index in [1.807, 2.05) is 37.3 Å². The highest BCUT2D eigenvalue weighted by molar-refractivity contribution is 5.77. The number of nitrogens with zero attached hydrogens (tertiary/aromatic N) is 3. The molecule has 0 aliphatic rings. The molecule has 3 aromatic rings. The number of rotatable bonds is 7. The Bertz CT molecular complexity index is 1100. The third-order valence-electron chi connectivity index (χ3n) is 4.23. The Kier molecular flexibility index (Phi) is 6.38. The second-order valence-electron chi connectivity index (χ2n) is 6.39. The molecule has 3 rings (SSSR count). The van der Waals surface area contributed by atoms with Crippen molar-refractivity contribution in [1.29, 1.82) is 5.26 Å². The van der Waals surface area contributed by atoms with Crippen LogP contribution in [0.25, 0.3) is 11.3 Å². The summed E-state index contributed by atoms with van der Waals surface area (Å²) in [6, 6.07) is 19.7. The lowest BCUT2D eigenvalue weighted by Crippen LogP contribution is -2.34. The van der Waals surface area contributed by atoms with E-state index in [1.54, 1.807) is 30.3 Å². The second-order valence-corrected chi connectivity index (χ2v) is 6.39. The molecule has 0 atom stereocenters. The van der Waals surface area contributed by atoms with Crippen LogP contribution in [0.15, 0.2) is 65.5 Å². The molecule has 2 aromatic carbocycles. The van der Waals surface area contributed by atoms with Crippen LogP contribution in [-0.2, 0) is 11.3 Å². The van der Waals surface area contributed by atoms with Crippen molar-refractivity contribution in [2.24, 2.45) is 0 Å². The van der Waals surface area contributed by atoms with Crippen molar-refractivity contribution in [1.82, 2.24) is 15.1 Å². The van der Waals surface area contributed by atoms with E-state index < -0.39 is 0 Å². The number of aryl methyl sites for hydroxylation is 1. The standard InChI is InChI=1S/C22H20N4O3/c1-16-6-8-17(9-7-16)19-10-11-22(28)26(25-19)13-12-24-21(27)15-29-20-5-3-2-4-18(20)14-23/h2-11H,12-13,15H2,1H3,(H,24,27). The van der Waals surface area contributed by atoms with Crippen LogP contribution >= 0.6 is 0 Å². The molecule has 0 saturated heterocycles. The molecule has 0 radical (unpaired) electrons. The van der Waals surface area contributed by atoms with Gasteiger partial charge in [0.1, 0.15) is 11.8 Å². The lowest BCUT2D eigenvalue weighted by molar-refractivity contribution is -0.123. The summed E-state index contributed by atoms with van der Waals surface area (Å²) in [5.41, 5.74) is 2.87. The normalized spacial score (nSPS) is 10.2. The second kappa shape index (κ2) is 9.33. The minimum Gasteiger partial charge on any atom is -0.482 e. The van der Waals surface area contributed by atoms with E-state index in [-0.39, 0.29) is 31.2 Å². The van der Waals surface area contributed by atoms with E-state index in [0.717, 1.165) is 11.1 Å². The van der Waals surface area contributed by atoms with Gasteiger partial charge in [-0.2, -0.15) is 10.4 Å². The van der Waals surface area contributed by atoms with Crippen molar-refractivity contribution >= 4 is 5.91 Å². The molecule has 7 nitrogen and oxygen atoms in total. The number of nitriles is 1. The number of hydrogen-bond donors (Lipinski definition) is 1. The number of hydrogen-bond acceptors (Lipinski definition) is 5. The SMILES string of the molecule is Cc1ccc(-c2ccc(=O)n(CCNC(=O)COc3ccccc3C#N)n2)cc1. The molecule has 146 valence electrons. The molecular weight excluding hydrogens is 368 g/mol. The smallest absolute Gasteiger partial charge is 0.266 e. The fourth-order valence-electron chi connectivity index (χ4n) is 2.67. The van der Waals surface area contributed by atoms with Crippen molar-refractivity contribution in [2.45, 2.75) is 13.5 Å². The predicted molar refractivity (Wildman–Crippen MR) is 108 cm³/mol. The molecule has 0 fully saturated rings. The molecule has 0 aliphatic carbocycles. The molecule has 1 amide bonds. The summed E-state index contributed by atoms with van der Waals surface area (Å²) in [5, 5.41) is 16.1. The van der Waals surface area contributed by atoms with Gasteiger partial charge in [-0.1, -0.05) is 42.0 Å². The topological polar surface area (TPSA) is 97.0 Å². The van der Waals surface area contributed by atoms with Gasteiger partial charge in [0.15, 0.2) is 6.61 Å². The predicted octanol–water partition coefficient (Wildman–Crippen LogP) is 2.29. The summed E-state index contributed by atoms with van der Waals surface area (Å²) in [5.74, 6) is 0.00863. The Balaban J connectivity index is 1.55. The average Bonchev–Trinajstić information content (AvgIpc) is 2.74. The Morgan fingerprint density at radius 3 is 2.66 bits per heavy atom. The number of amides is 1. The van der Waals surface area contributed by atoms with Gasteiger partial charge in [-0.05, 0) is 25.1 Å². The van der Waals surface area contributed by atoms with E-state index in [1.165, 1.54) is 10.7 Å². The third kappa shape index (κ3) is 5.30. The number of nitrogens with one attached hydrogen (secondary N) is 1. The molecule has 0 aliphatic heterocycles. The van der Waals surface area contributed by atoms with Gasteiger partial charge in [-0.15, -0.1) is 0 Å². The van der Waals surface area contributed by atoms with E-state index >= 15 is 0 Å². The van der Waals surface area contributed by atoms with Crippen LogP contribution in [0.2, 0.25) is 0 Å². The van der Waals surface area contributed by atoms with Gasteiger partial charge < -0.3 is 10.1 Å². The van der Waals surface area contributed by atoms with Crippen molar-refractivity contribution in [2.75, 3.05) is 13.2 Å². The Hall–Kier alpha value is -3.92. The number of carbonyl (C=O) groups is 1. The van der Waals surface area contributed by atoms with Crippen LogP contribution in [0.4, 0.5) is 0 Å². The highest BCUT2D eigenvalue weighted by Gasteiger charge is 2.07. The molecule has 7 heteroatoms. The van der Waals surface area contributed by atoms with Crippen LogP contribution in [0.5, 0.6) is 5.75 Å². The molecule has 0 unspecified atom stereocenters. The zero-order chi connectivity index (χ0) is 20.6. The van der Waals surface area contributed by atoms with Gasteiger partial charge >= 0.3 is 0 Å². The van der Waals surface area contributed by atoms with Crippen molar-refractivity contribution in [3.05, 3.63) is 82.1 Å². The summed E-state index contributed by atoms with van der Waals surface area (Å²) in [7, 11) is 0. The number of benzene rings is 2. The first-order valence-corrected chi connectivity index (χ1v) is 9.10. The Morgan fingerprint density at radius 2 is 1.90 bits per heavy atom. The lowest BCUT2D eigenvalue weighted by Gasteiger charge is -2.10. The monoisotopic (exact) mass is 388 g/mol. The van der Waals surface area contributed by atoms with Crippen LogP contribution in [0.3, 0.4) is 0 Å². The minimum absolute atomic E-state index is 0.218. The number of ether oxygens (including phenoxy) is 1. The van der Waals surface area contributed by atoms with E-state index in [4.69, 9.17) is 10.00 Å². The minimum atomic E-state index is -0.347. The van der Waals surface area contributed by atoms with E-state index in [0.29, 0.717) is 17.0 Å². The Labute approximate surface area is 168 Å². The number of aromatic nitrogens is 2. The maximum absolute atomic E-state index is 12.0. The summed E-state index contributed by atoms with van der Waals surface area (Å²) in [4.78, 5) is 24.0. The summed E-state index contributed by atoms with van der Waals surface area (Å²) in [6.45, 7) is 2.25. The molecule has 1 heterocycles. The zero-order valence-electron chi connectivity index (χ0n) is 16.0. The van der Waals surface area contributed by atoms with Crippen LogP contribution in [0, 0.1) is 18.3 Å². The van der Waals surface area contributed by atoms with Gasteiger partial charge in [0, 0.05) is 18.2 Å². The first kappa shape index (κ1) is 19.8. The summed E-state index contributed by atoms with van der Waals surface area (Å²) in [6.07, 6.45) is 0. The highest BCUT2D eigenvalue weighted by atomic mass is 16.5.